The Labute approximate surface area is 136 Å². The number of nitrogens with two attached hydrogens (primary N) is 1. The second-order valence-electron chi connectivity index (χ2n) is 6.22. The molecule has 1 atom stereocenters. The van der Waals surface area contributed by atoms with Crippen molar-refractivity contribution < 1.29 is 13.2 Å². The number of hydrogen-bond donors (Lipinski definition) is 2. The van der Waals surface area contributed by atoms with Gasteiger partial charge in [-0.25, -0.2) is 18.1 Å². The summed E-state index contributed by atoms with van der Waals surface area (Å²) in [4.78, 5) is 10.8. The van der Waals surface area contributed by atoms with Crippen LogP contribution in [0, 0.1) is 0 Å². The molecule has 128 valence electrons. The van der Waals surface area contributed by atoms with Crippen LogP contribution in [-0.4, -0.2) is 57.0 Å². The van der Waals surface area contributed by atoms with E-state index in [2.05, 4.69) is 19.6 Å². The smallest absolute Gasteiger partial charge is 0.222 e. The zero-order valence-electron chi connectivity index (χ0n) is 13.2. The highest BCUT2D eigenvalue weighted by Gasteiger charge is 2.25. The summed E-state index contributed by atoms with van der Waals surface area (Å²) in [5.41, 5.74) is 6.79. The summed E-state index contributed by atoms with van der Waals surface area (Å²) in [6, 6.07) is 1.98. The lowest BCUT2D eigenvalue weighted by atomic mass is 10.0. The first kappa shape index (κ1) is 16.4. The maximum atomic E-state index is 11.3. The average Bonchev–Trinajstić information content (AvgIpc) is 3.00. The first-order valence-electron chi connectivity index (χ1n) is 7.85. The van der Waals surface area contributed by atoms with Crippen LogP contribution in [0.5, 0.6) is 0 Å². The summed E-state index contributed by atoms with van der Waals surface area (Å²) in [5.74, 6) is 1.38. The number of hydrogen-bond acceptors (Lipinski definition) is 7. The van der Waals surface area contributed by atoms with E-state index in [1.807, 2.05) is 6.07 Å². The van der Waals surface area contributed by atoms with Gasteiger partial charge in [0.1, 0.15) is 5.82 Å². The lowest BCUT2D eigenvalue weighted by molar-refractivity contribution is 0.193. The van der Waals surface area contributed by atoms with E-state index in [0.717, 1.165) is 50.5 Å². The predicted octanol–water partition coefficient (Wildman–Crippen LogP) is 0.0807. The van der Waals surface area contributed by atoms with Crippen LogP contribution in [0.4, 0.5) is 11.8 Å². The van der Waals surface area contributed by atoms with Gasteiger partial charge >= 0.3 is 0 Å². The number of nitrogen functional groups attached to an aromatic ring is 1. The molecule has 23 heavy (non-hydrogen) atoms. The van der Waals surface area contributed by atoms with E-state index >= 15 is 0 Å². The molecule has 2 saturated heterocycles. The molecule has 0 amide bonds. The fraction of sp³-hybridized carbons (Fsp3) is 0.714. The van der Waals surface area contributed by atoms with Gasteiger partial charge < -0.3 is 15.4 Å². The van der Waals surface area contributed by atoms with E-state index < -0.39 is 10.0 Å². The molecule has 3 rings (SSSR count). The molecule has 0 spiro atoms. The molecular formula is C14H23N5O3S. The highest BCUT2D eigenvalue weighted by atomic mass is 32.2. The van der Waals surface area contributed by atoms with Crippen molar-refractivity contribution in [1.82, 2.24) is 14.7 Å². The van der Waals surface area contributed by atoms with Crippen LogP contribution in [0.15, 0.2) is 6.07 Å². The van der Waals surface area contributed by atoms with Crippen LogP contribution in [0.2, 0.25) is 0 Å². The van der Waals surface area contributed by atoms with Gasteiger partial charge in [-0.1, -0.05) is 0 Å². The number of anilines is 2. The van der Waals surface area contributed by atoms with Gasteiger partial charge in [0, 0.05) is 37.7 Å². The van der Waals surface area contributed by atoms with Crippen molar-refractivity contribution in [3.05, 3.63) is 11.8 Å². The van der Waals surface area contributed by atoms with E-state index in [-0.39, 0.29) is 17.9 Å². The maximum absolute atomic E-state index is 11.3. The van der Waals surface area contributed by atoms with E-state index in [0.29, 0.717) is 6.61 Å². The van der Waals surface area contributed by atoms with Gasteiger partial charge in [0.05, 0.1) is 18.6 Å². The van der Waals surface area contributed by atoms with Crippen molar-refractivity contribution in [1.29, 1.82) is 0 Å². The van der Waals surface area contributed by atoms with Crippen LogP contribution in [-0.2, 0) is 14.8 Å². The Bertz CT molecular complexity index is 652. The maximum Gasteiger partial charge on any atom is 0.222 e. The zero-order chi connectivity index (χ0) is 16.4. The highest BCUT2D eigenvalue weighted by molar-refractivity contribution is 7.88. The molecule has 0 radical (unpaired) electrons. The fourth-order valence-corrected chi connectivity index (χ4v) is 3.98. The minimum absolute atomic E-state index is 0.0110. The number of ether oxygens (including phenoxy) is 1. The van der Waals surface area contributed by atoms with Gasteiger partial charge in [-0.15, -0.1) is 0 Å². The summed E-state index contributed by atoms with van der Waals surface area (Å²) >= 11 is 0. The van der Waals surface area contributed by atoms with Crippen molar-refractivity contribution in [3.63, 3.8) is 0 Å². The molecule has 3 N–H and O–H groups in total. The first-order chi connectivity index (χ1) is 10.9. The molecule has 0 aromatic carbocycles. The molecule has 1 aromatic rings. The minimum Gasteiger partial charge on any atom is -0.381 e. The van der Waals surface area contributed by atoms with Crippen LogP contribution >= 0.6 is 0 Å². The molecule has 8 nitrogen and oxygen atoms in total. The quantitative estimate of drug-likeness (QED) is 0.798. The van der Waals surface area contributed by atoms with Gasteiger partial charge in [0.25, 0.3) is 0 Å². The second-order valence-corrected chi connectivity index (χ2v) is 8.00. The third-order valence-electron chi connectivity index (χ3n) is 4.30. The number of nitrogens with zero attached hydrogens (tertiary/aromatic N) is 3. The third kappa shape index (κ3) is 4.30. The molecule has 0 bridgehead atoms. The van der Waals surface area contributed by atoms with Gasteiger partial charge in [-0.3, -0.25) is 0 Å². The summed E-state index contributed by atoms with van der Waals surface area (Å²) in [6.45, 7) is 2.91. The Morgan fingerprint density at radius 2 is 2.04 bits per heavy atom. The van der Waals surface area contributed by atoms with Crippen LogP contribution in [0.1, 0.15) is 30.9 Å². The lowest BCUT2D eigenvalue weighted by Gasteiger charge is -2.33. The molecule has 3 heterocycles. The van der Waals surface area contributed by atoms with Gasteiger partial charge in [-0.2, -0.15) is 4.98 Å². The standard InChI is InChI=1S/C14H23N5O3S/c1-23(20,21)18-11-2-5-19(6-3-11)13-8-12(16-14(15)17-13)10-4-7-22-9-10/h8,10-11,18H,2-7,9H2,1H3,(H2,15,16,17)/t10-/m1/s1. The molecular weight excluding hydrogens is 318 g/mol. The van der Waals surface area contributed by atoms with Crippen molar-refractivity contribution >= 4 is 21.8 Å². The number of piperidine rings is 1. The molecule has 0 aliphatic carbocycles. The SMILES string of the molecule is CS(=O)(=O)NC1CCN(c2cc([C@@H]3CCOC3)nc(N)n2)CC1. The predicted molar refractivity (Wildman–Crippen MR) is 87.8 cm³/mol. The van der Waals surface area contributed by atoms with E-state index in [1.54, 1.807) is 0 Å². The van der Waals surface area contributed by atoms with Crippen molar-refractivity contribution in [2.75, 3.05) is 43.2 Å². The van der Waals surface area contributed by atoms with Crippen LogP contribution < -0.4 is 15.4 Å². The first-order valence-corrected chi connectivity index (χ1v) is 9.74. The second kappa shape index (κ2) is 6.58. The molecule has 9 heteroatoms. The third-order valence-corrected chi connectivity index (χ3v) is 5.06. The average molecular weight is 341 g/mol. The Balaban J connectivity index is 1.68. The van der Waals surface area contributed by atoms with E-state index in [1.165, 1.54) is 6.26 Å². The summed E-state index contributed by atoms with van der Waals surface area (Å²) < 4.78 is 30.7. The van der Waals surface area contributed by atoms with E-state index in [4.69, 9.17) is 10.5 Å². The molecule has 0 unspecified atom stereocenters. The van der Waals surface area contributed by atoms with E-state index in [9.17, 15) is 8.42 Å². The minimum atomic E-state index is -3.16. The monoisotopic (exact) mass is 341 g/mol. The summed E-state index contributed by atoms with van der Waals surface area (Å²) in [7, 11) is -3.16. The summed E-state index contributed by atoms with van der Waals surface area (Å²) in [6.07, 6.45) is 3.65. The summed E-state index contributed by atoms with van der Waals surface area (Å²) in [5, 5.41) is 0. The normalized spacial score (nSPS) is 23.3. The topological polar surface area (TPSA) is 110 Å². The van der Waals surface area contributed by atoms with Gasteiger partial charge in [-0.05, 0) is 19.3 Å². The van der Waals surface area contributed by atoms with Crippen molar-refractivity contribution in [3.8, 4) is 0 Å². The Morgan fingerprint density at radius 1 is 1.30 bits per heavy atom. The number of nitrogens with one attached hydrogen (secondary N) is 1. The van der Waals surface area contributed by atoms with Crippen LogP contribution in [0.3, 0.4) is 0 Å². The van der Waals surface area contributed by atoms with Crippen LogP contribution in [0.25, 0.3) is 0 Å². The Kier molecular flexibility index (Phi) is 4.69. The number of aromatic nitrogens is 2. The van der Waals surface area contributed by atoms with Gasteiger partial charge in [0.2, 0.25) is 16.0 Å². The molecule has 1 aromatic heterocycles. The molecule has 2 aliphatic heterocycles. The molecule has 0 saturated carbocycles. The Hall–Kier alpha value is -1.45. The van der Waals surface area contributed by atoms with Crippen molar-refractivity contribution in [2.45, 2.75) is 31.2 Å². The lowest BCUT2D eigenvalue weighted by Crippen LogP contribution is -2.44. The molecule has 2 aliphatic rings. The largest absolute Gasteiger partial charge is 0.381 e. The number of rotatable bonds is 4. The Morgan fingerprint density at radius 3 is 2.65 bits per heavy atom. The zero-order valence-corrected chi connectivity index (χ0v) is 14.1. The van der Waals surface area contributed by atoms with Crippen molar-refractivity contribution in [2.24, 2.45) is 0 Å². The fourth-order valence-electron chi connectivity index (χ4n) is 3.14. The number of sulfonamides is 1. The molecule has 2 fully saturated rings. The van der Waals surface area contributed by atoms with Gasteiger partial charge in [0.15, 0.2) is 0 Å². The highest BCUT2D eigenvalue weighted by Crippen LogP contribution is 2.27.